The predicted octanol–water partition coefficient (Wildman–Crippen LogP) is 5.45. The van der Waals surface area contributed by atoms with Crippen molar-refractivity contribution in [2.45, 2.75) is 33.1 Å². The van der Waals surface area contributed by atoms with Crippen molar-refractivity contribution in [3.05, 3.63) is 71.8 Å². The maximum Gasteiger partial charge on any atom is 0.274 e. The molecule has 0 unspecified atom stereocenters. The van der Waals surface area contributed by atoms with E-state index in [-0.39, 0.29) is 23.7 Å². The van der Waals surface area contributed by atoms with Gasteiger partial charge in [0.2, 0.25) is 0 Å². The number of anilines is 1. The zero-order valence-electron chi connectivity index (χ0n) is 16.6. The van der Waals surface area contributed by atoms with Gasteiger partial charge in [0, 0.05) is 6.20 Å². The number of allylic oxidation sites excluding steroid dienone is 1. The molecular formula is C23H24FN3O2. The number of ether oxygens (including phenoxy) is 1. The Kier molecular flexibility index (Phi) is 6.89. The van der Waals surface area contributed by atoms with Crippen LogP contribution in [0.25, 0.3) is 11.0 Å². The van der Waals surface area contributed by atoms with Crippen LogP contribution in [0.1, 0.15) is 42.2 Å². The number of hydrogen-bond acceptors (Lipinski definition) is 4. The number of unbranched alkanes of at least 4 members (excludes halogenated alkanes) is 2. The third-order valence-electron chi connectivity index (χ3n) is 4.43. The first-order valence-corrected chi connectivity index (χ1v) is 9.70. The van der Waals surface area contributed by atoms with Crippen molar-refractivity contribution in [1.82, 2.24) is 9.97 Å². The van der Waals surface area contributed by atoms with Crippen LogP contribution in [0.4, 0.5) is 10.1 Å². The van der Waals surface area contributed by atoms with Crippen molar-refractivity contribution in [2.75, 3.05) is 11.9 Å². The van der Waals surface area contributed by atoms with Gasteiger partial charge in [-0.15, -0.1) is 0 Å². The van der Waals surface area contributed by atoms with E-state index in [1.807, 2.05) is 12.2 Å². The van der Waals surface area contributed by atoms with Crippen LogP contribution in [0.15, 0.2) is 54.7 Å². The van der Waals surface area contributed by atoms with Crippen molar-refractivity contribution >= 4 is 22.6 Å². The van der Waals surface area contributed by atoms with Crippen LogP contribution in [0.2, 0.25) is 0 Å². The number of fused-ring (bicyclic) bond motifs is 1. The van der Waals surface area contributed by atoms with E-state index in [1.54, 1.807) is 37.4 Å². The summed E-state index contributed by atoms with van der Waals surface area (Å²) in [7, 11) is 0. The number of carbonyl (C=O) groups is 1. The molecule has 6 heteroatoms. The second-order valence-electron chi connectivity index (χ2n) is 6.69. The molecule has 0 atom stereocenters. The summed E-state index contributed by atoms with van der Waals surface area (Å²) in [6, 6.07) is 9.99. The molecule has 0 bridgehead atoms. The quantitative estimate of drug-likeness (QED) is 0.408. The van der Waals surface area contributed by atoms with Crippen LogP contribution in [-0.4, -0.2) is 22.5 Å². The monoisotopic (exact) mass is 393 g/mol. The van der Waals surface area contributed by atoms with E-state index in [9.17, 15) is 9.18 Å². The van der Waals surface area contributed by atoms with Crippen molar-refractivity contribution < 1.29 is 13.9 Å². The average molecular weight is 393 g/mol. The van der Waals surface area contributed by atoms with Crippen molar-refractivity contribution in [3.63, 3.8) is 0 Å². The lowest BCUT2D eigenvalue weighted by atomic mass is 10.1. The second kappa shape index (κ2) is 9.78. The number of aryl methyl sites for hydroxylation is 1. The Hall–Kier alpha value is -3.28. The van der Waals surface area contributed by atoms with Gasteiger partial charge in [-0.25, -0.2) is 9.37 Å². The molecule has 1 amide bonds. The Bertz CT molecular complexity index is 1030. The lowest BCUT2D eigenvalue weighted by molar-refractivity contribution is 0.102. The zero-order valence-corrected chi connectivity index (χ0v) is 16.6. The first kappa shape index (κ1) is 20.5. The standard InChI is InChI=1S/C23H24FN3O2/c1-3-4-5-6-7-14-29-20-12-8-10-18(21(20)24)27-23(28)22-16(2)15-19-17(26-22)11-9-13-25-19/h6-13,15H,3-5,14H2,1-2H3,(H,27,28). The fraction of sp³-hybridized carbons (Fsp3) is 0.261. The third-order valence-corrected chi connectivity index (χ3v) is 4.43. The molecule has 3 rings (SSSR count). The predicted molar refractivity (Wildman–Crippen MR) is 113 cm³/mol. The minimum atomic E-state index is -0.608. The van der Waals surface area contributed by atoms with Crippen LogP contribution in [0.3, 0.4) is 0 Å². The molecule has 0 aliphatic rings. The highest BCUT2D eigenvalue weighted by Gasteiger charge is 2.16. The Morgan fingerprint density at radius 2 is 2.07 bits per heavy atom. The maximum absolute atomic E-state index is 14.7. The zero-order chi connectivity index (χ0) is 20.6. The molecular weight excluding hydrogens is 369 g/mol. The van der Waals surface area contributed by atoms with Gasteiger partial charge in [0.25, 0.3) is 5.91 Å². The average Bonchev–Trinajstić information content (AvgIpc) is 2.72. The molecule has 3 aromatic rings. The van der Waals surface area contributed by atoms with Crippen LogP contribution in [0.5, 0.6) is 5.75 Å². The van der Waals surface area contributed by atoms with Gasteiger partial charge in [-0.1, -0.05) is 38.0 Å². The third kappa shape index (κ3) is 5.16. The number of carbonyl (C=O) groups excluding carboxylic acids is 1. The Morgan fingerprint density at radius 1 is 1.21 bits per heavy atom. The van der Waals surface area contributed by atoms with E-state index in [0.717, 1.165) is 19.3 Å². The first-order chi connectivity index (χ1) is 14.1. The molecule has 0 radical (unpaired) electrons. The lowest BCUT2D eigenvalue weighted by Crippen LogP contribution is -2.16. The van der Waals surface area contributed by atoms with Gasteiger partial charge in [-0.3, -0.25) is 9.78 Å². The summed E-state index contributed by atoms with van der Waals surface area (Å²) in [6.45, 7) is 4.18. The van der Waals surface area contributed by atoms with Gasteiger partial charge in [-0.2, -0.15) is 0 Å². The van der Waals surface area contributed by atoms with E-state index in [2.05, 4.69) is 22.2 Å². The summed E-state index contributed by atoms with van der Waals surface area (Å²) in [4.78, 5) is 21.3. The fourth-order valence-electron chi connectivity index (χ4n) is 2.87. The Balaban J connectivity index is 1.72. The van der Waals surface area contributed by atoms with Crippen molar-refractivity contribution in [3.8, 4) is 5.75 Å². The van der Waals surface area contributed by atoms with E-state index in [4.69, 9.17) is 4.74 Å². The van der Waals surface area contributed by atoms with Crippen molar-refractivity contribution in [1.29, 1.82) is 0 Å². The molecule has 5 nitrogen and oxygen atoms in total. The van der Waals surface area contributed by atoms with E-state index in [0.29, 0.717) is 16.6 Å². The molecule has 0 aliphatic carbocycles. The minimum absolute atomic E-state index is 0.0509. The molecule has 0 aliphatic heterocycles. The van der Waals surface area contributed by atoms with Crippen molar-refractivity contribution in [2.24, 2.45) is 0 Å². The SMILES string of the molecule is CCCCC=CCOc1cccc(NC(=O)c2nc3cccnc3cc2C)c1F. The molecule has 2 heterocycles. The van der Waals surface area contributed by atoms with Gasteiger partial charge in [0.05, 0.1) is 16.7 Å². The second-order valence-corrected chi connectivity index (χ2v) is 6.69. The van der Waals surface area contributed by atoms with Gasteiger partial charge in [0.15, 0.2) is 11.6 Å². The maximum atomic E-state index is 14.7. The molecule has 1 N–H and O–H groups in total. The van der Waals surface area contributed by atoms with E-state index >= 15 is 0 Å². The topological polar surface area (TPSA) is 64.1 Å². The molecule has 1 aromatic carbocycles. The van der Waals surface area contributed by atoms with Crippen LogP contribution < -0.4 is 10.1 Å². The van der Waals surface area contributed by atoms with Gasteiger partial charge >= 0.3 is 0 Å². The molecule has 0 saturated carbocycles. The van der Waals surface area contributed by atoms with Crippen LogP contribution >= 0.6 is 0 Å². The highest BCUT2D eigenvalue weighted by molar-refractivity contribution is 6.05. The summed E-state index contributed by atoms with van der Waals surface area (Å²) in [5.41, 5.74) is 2.26. The highest BCUT2D eigenvalue weighted by atomic mass is 19.1. The summed E-state index contributed by atoms with van der Waals surface area (Å²) < 4.78 is 20.2. The summed E-state index contributed by atoms with van der Waals surface area (Å²) in [6.07, 6.45) is 8.79. The largest absolute Gasteiger partial charge is 0.486 e. The summed E-state index contributed by atoms with van der Waals surface area (Å²) in [5.74, 6) is -0.998. The summed E-state index contributed by atoms with van der Waals surface area (Å²) >= 11 is 0. The number of nitrogens with one attached hydrogen (secondary N) is 1. The molecule has 29 heavy (non-hydrogen) atoms. The molecule has 0 fully saturated rings. The van der Waals surface area contributed by atoms with Gasteiger partial charge in [-0.05, 0) is 49.2 Å². The van der Waals surface area contributed by atoms with Crippen LogP contribution in [0, 0.1) is 12.7 Å². The molecule has 0 saturated heterocycles. The molecule has 0 spiro atoms. The number of halogens is 1. The van der Waals surface area contributed by atoms with Crippen LogP contribution in [-0.2, 0) is 0 Å². The number of hydrogen-bond donors (Lipinski definition) is 1. The Morgan fingerprint density at radius 3 is 2.90 bits per heavy atom. The number of rotatable bonds is 8. The minimum Gasteiger partial charge on any atom is -0.486 e. The molecule has 150 valence electrons. The van der Waals surface area contributed by atoms with E-state index < -0.39 is 11.7 Å². The Labute approximate surface area is 169 Å². The normalized spacial score (nSPS) is 11.1. The number of aromatic nitrogens is 2. The first-order valence-electron chi connectivity index (χ1n) is 9.70. The highest BCUT2D eigenvalue weighted by Crippen LogP contribution is 2.25. The van der Waals surface area contributed by atoms with Gasteiger partial charge in [0.1, 0.15) is 12.3 Å². The smallest absolute Gasteiger partial charge is 0.274 e. The fourth-order valence-corrected chi connectivity index (χ4v) is 2.87. The molecule has 2 aromatic heterocycles. The number of benzene rings is 1. The summed E-state index contributed by atoms with van der Waals surface area (Å²) in [5, 5.41) is 2.60. The number of nitrogens with zero attached hydrogens (tertiary/aromatic N) is 2. The van der Waals surface area contributed by atoms with Gasteiger partial charge < -0.3 is 10.1 Å². The number of amides is 1. The lowest BCUT2D eigenvalue weighted by Gasteiger charge is -2.11. The van der Waals surface area contributed by atoms with E-state index in [1.165, 1.54) is 12.1 Å². The number of pyridine rings is 2.